The van der Waals surface area contributed by atoms with Crippen LogP contribution in [0.2, 0.25) is 10.0 Å². The third-order valence-electron chi connectivity index (χ3n) is 5.20. The number of nitrogens with zero attached hydrogens (tertiary/aromatic N) is 8. The second-order valence-corrected chi connectivity index (χ2v) is 8.53. The summed E-state index contributed by atoms with van der Waals surface area (Å²) in [4.78, 5) is 13.6. The van der Waals surface area contributed by atoms with Crippen molar-refractivity contribution in [1.29, 1.82) is 5.26 Å². The van der Waals surface area contributed by atoms with Gasteiger partial charge < -0.3 is 16.4 Å². The maximum Gasteiger partial charge on any atom is 0.226 e. The lowest BCUT2D eigenvalue weighted by molar-refractivity contribution is 0.654. The molecule has 0 atom stereocenters. The van der Waals surface area contributed by atoms with E-state index in [4.69, 9.17) is 39.2 Å². The molecule has 0 saturated heterocycles. The summed E-state index contributed by atoms with van der Waals surface area (Å²) in [5.74, 6) is 1.81. The van der Waals surface area contributed by atoms with E-state index in [0.29, 0.717) is 64.2 Å². The molecule has 0 aliphatic heterocycles. The monoisotopic (exact) mass is 519 g/mol. The van der Waals surface area contributed by atoms with Gasteiger partial charge in [0.05, 0.1) is 16.3 Å². The SMILES string of the molecule is N#Cc1ccc(NCCNc2nc(-c3ccc(Cl)cc3Cl)cc3nc(Cn4cccn4)nn23)nc1N. The van der Waals surface area contributed by atoms with E-state index in [-0.39, 0.29) is 5.82 Å². The maximum atomic E-state index is 9.00. The summed E-state index contributed by atoms with van der Waals surface area (Å²) in [6.07, 6.45) is 3.55. The quantitative estimate of drug-likeness (QED) is 0.260. The molecule has 36 heavy (non-hydrogen) atoms. The summed E-state index contributed by atoms with van der Waals surface area (Å²) >= 11 is 12.5. The van der Waals surface area contributed by atoms with E-state index >= 15 is 0 Å². The number of fused-ring (bicyclic) bond motifs is 1. The molecule has 0 radical (unpaired) electrons. The Bertz CT molecular complexity index is 1570. The Hall–Kier alpha value is -4.40. The third kappa shape index (κ3) is 5.00. The number of aromatic nitrogens is 7. The number of rotatable bonds is 8. The van der Waals surface area contributed by atoms with Gasteiger partial charge in [0, 0.05) is 42.1 Å². The Labute approximate surface area is 215 Å². The van der Waals surface area contributed by atoms with Gasteiger partial charge in [-0.1, -0.05) is 23.2 Å². The molecule has 1 aromatic carbocycles. The number of anilines is 3. The van der Waals surface area contributed by atoms with Crippen LogP contribution in [-0.4, -0.2) is 47.4 Å². The van der Waals surface area contributed by atoms with Crippen molar-refractivity contribution < 1.29 is 0 Å². The normalized spacial score (nSPS) is 10.9. The number of hydrogen-bond acceptors (Lipinski definition) is 9. The van der Waals surface area contributed by atoms with Crippen molar-refractivity contribution in [3.05, 3.63) is 76.3 Å². The molecule has 0 unspecified atom stereocenters. The van der Waals surface area contributed by atoms with Gasteiger partial charge in [-0.15, -0.1) is 5.10 Å². The van der Waals surface area contributed by atoms with Gasteiger partial charge in [-0.05, 0) is 36.4 Å². The highest BCUT2D eigenvalue weighted by molar-refractivity contribution is 6.36. The lowest BCUT2D eigenvalue weighted by Gasteiger charge is -2.11. The van der Waals surface area contributed by atoms with Crippen LogP contribution in [0.15, 0.2) is 54.9 Å². The van der Waals surface area contributed by atoms with Crippen LogP contribution in [0, 0.1) is 11.3 Å². The zero-order valence-corrected chi connectivity index (χ0v) is 20.2. The van der Waals surface area contributed by atoms with Crippen molar-refractivity contribution in [2.75, 3.05) is 29.5 Å². The molecule has 13 heteroatoms. The predicted molar refractivity (Wildman–Crippen MR) is 138 cm³/mol. The molecule has 4 N–H and O–H groups in total. The molecule has 11 nitrogen and oxygen atoms in total. The van der Waals surface area contributed by atoms with Crippen LogP contribution in [0.4, 0.5) is 17.6 Å². The first kappa shape index (κ1) is 23.3. The highest BCUT2D eigenvalue weighted by atomic mass is 35.5. The number of nitrogen functional groups attached to an aromatic ring is 1. The van der Waals surface area contributed by atoms with Crippen LogP contribution < -0.4 is 16.4 Å². The minimum atomic E-state index is 0.179. The van der Waals surface area contributed by atoms with Crippen molar-refractivity contribution in [3.63, 3.8) is 0 Å². The second kappa shape index (κ2) is 10.1. The molecule has 0 spiro atoms. The number of nitriles is 1. The van der Waals surface area contributed by atoms with Crippen molar-refractivity contribution in [2.24, 2.45) is 0 Å². The number of nitrogens with one attached hydrogen (secondary N) is 2. The predicted octanol–water partition coefficient (Wildman–Crippen LogP) is 3.72. The van der Waals surface area contributed by atoms with E-state index in [9.17, 15) is 0 Å². The summed E-state index contributed by atoms with van der Waals surface area (Å²) in [6.45, 7) is 1.40. The number of nitrogens with two attached hydrogens (primary N) is 1. The fraction of sp³-hybridized carbons (Fsp3) is 0.130. The lowest BCUT2D eigenvalue weighted by Crippen LogP contribution is -2.17. The molecule has 0 amide bonds. The molecule has 5 rings (SSSR count). The molecule has 0 fully saturated rings. The molecule has 0 bridgehead atoms. The summed E-state index contributed by atoms with van der Waals surface area (Å²) in [6, 6.07) is 14.2. The lowest BCUT2D eigenvalue weighted by atomic mass is 10.1. The van der Waals surface area contributed by atoms with E-state index in [1.807, 2.05) is 30.5 Å². The highest BCUT2D eigenvalue weighted by Gasteiger charge is 2.15. The van der Waals surface area contributed by atoms with Gasteiger partial charge >= 0.3 is 0 Å². The Morgan fingerprint density at radius 1 is 1.03 bits per heavy atom. The van der Waals surface area contributed by atoms with E-state index in [0.717, 1.165) is 5.56 Å². The standard InChI is InChI=1S/C23H19Cl2N11/c24-15-3-4-16(17(25)10-15)18-11-21-32-20(13-35-9-1-6-30-35)34-36(21)23(31-18)29-8-7-28-19-5-2-14(12-26)22(27)33-19/h1-6,9-11H,7-8,13H2,(H,29,31)(H3,27,28,33). The first-order valence-corrected chi connectivity index (χ1v) is 11.6. The van der Waals surface area contributed by atoms with Crippen molar-refractivity contribution in [2.45, 2.75) is 6.54 Å². The third-order valence-corrected chi connectivity index (χ3v) is 5.75. The molecular formula is C23H19Cl2N11. The van der Waals surface area contributed by atoms with Gasteiger partial charge in [0.15, 0.2) is 11.5 Å². The molecule has 180 valence electrons. The number of benzene rings is 1. The summed E-state index contributed by atoms with van der Waals surface area (Å²) in [7, 11) is 0. The molecule has 0 aliphatic rings. The molecule has 4 heterocycles. The Kier molecular flexibility index (Phi) is 6.53. The van der Waals surface area contributed by atoms with Gasteiger partial charge in [0.25, 0.3) is 0 Å². The van der Waals surface area contributed by atoms with Crippen molar-refractivity contribution >= 4 is 46.4 Å². The average Bonchev–Trinajstić information content (AvgIpc) is 3.51. The van der Waals surface area contributed by atoms with Crippen LogP contribution in [0.3, 0.4) is 0 Å². The molecule has 0 saturated carbocycles. The number of pyridine rings is 1. The Morgan fingerprint density at radius 2 is 1.89 bits per heavy atom. The molecule has 4 aromatic heterocycles. The molecule has 5 aromatic rings. The van der Waals surface area contributed by atoms with Crippen LogP contribution in [0.25, 0.3) is 16.9 Å². The topological polar surface area (TPSA) is 148 Å². The minimum Gasteiger partial charge on any atom is -0.383 e. The van der Waals surface area contributed by atoms with Gasteiger partial charge in [-0.25, -0.2) is 15.0 Å². The van der Waals surface area contributed by atoms with Crippen molar-refractivity contribution in [3.8, 4) is 17.3 Å². The Balaban J connectivity index is 1.41. The Morgan fingerprint density at radius 3 is 2.64 bits per heavy atom. The summed E-state index contributed by atoms with van der Waals surface area (Å²) in [5, 5.41) is 25.3. The second-order valence-electron chi connectivity index (χ2n) is 7.69. The van der Waals surface area contributed by atoms with Gasteiger partial charge in [-0.3, -0.25) is 4.68 Å². The fourth-order valence-corrected chi connectivity index (χ4v) is 4.03. The van der Waals surface area contributed by atoms with Gasteiger partial charge in [0.2, 0.25) is 5.95 Å². The summed E-state index contributed by atoms with van der Waals surface area (Å²) in [5.41, 5.74) is 8.07. The summed E-state index contributed by atoms with van der Waals surface area (Å²) < 4.78 is 3.39. The minimum absolute atomic E-state index is 0.179. The molecular weight excluding hydrogens is 501 g/mol. The van der Waals surface area contributed by atoms with Crippen LogP contribution in [-0.2, 0) is 6.54 Å². The first-order valence-electron chi connectivity index (χ1n) is 10.8. The maximum absolute atomic E-state index is 9.00. The van der Waals surface area contributed by atoms with Crippen LogP contribution in [0.5, 0.6) is 0 Å². The smallest absolute Gasteiger partial charge is 0.226 e. The number of halogens is 2. The highest BCUT2D eigenvalue weighted by Crippen LogP contribution is 2.30. The largest absolute Gasteiger partial charge is 0.383 e. The van der Waals surface area contributed by atoms with Crippen LogP contribution in [0.1, 0.15) is 11.4 Å². The van der Waals surface area contributed by atoms with Crippen molar-refractivity contribution in [1.82, 2.24) is 34.3 Å². The zero-order valence-electron chi connectivity index (χ0n) is 18.7. The van der Waals surface area contributed by atoms with Gasteiger partial charge in [-0.2, -0.15) is 14.9 Å². The van der Waals surface area contributed by atoms with Gasteiger partial charge in [0.1, 0.15) is 24.2 Å². The first-order chi connectivity index (χ1) is 17.5. The van der Waals surface area contributed by atoms with Crippen LogP contribution >= 0.6 is 23.2 Å². The average molecular weight is 520 g/mol. The fourth-order valence-electron chi connectivity index (χ4n) is 3.52. The van der Waals surface area contributed by atoms with E-state index in [1.165, 1.54) is 0 Å². The van der Waals surface area contributed by atoms with E-state index in [2.05, 4.69) is 30.8 Å². The molecule has 0 aliphatic carbocycles. The number of hydrogen-bond donors (Lipinski definition) is 3. The zero-order chi connectivity index (χ0) is 25.1. The van der Waals surface area contributed by atoms with E-state index < -0.39 is 0 Å². The van der Waals surface area contributed by atoms with E-state index in [1.54, 1.807) is 39.7 Å².